The van der Waals surface area contributed by atoms with E-state index in [9.17, 15) is 20.0 Å². The molecule has 1 saturated carbocycles. The molecule has 2 N–H and O–H groups in total. The molecule has 1 atom stereocenters. The molecule has 0 aromatic heterocycles. The van der Waals surface area contributed by atoms with Crippen LogP contribution in [0.1, 0.15) is 20.3 Å². The highest BCUT2D eigenvalue weighted by Crippen LogP contribution is 2.52. The van der Waals surface area contributed by atoms with Gasteiger partial charge in [-0.15, -0.1) is 0 Å². The molecule has 0 saturated heterocycles. The molecule has 1 aliphatic rings. The molecule has 1 amide bonds. The van der Waals surface area contributed by atoms with E-state index in [0.29, 0.717) is 5.69 Å². The third-order valence-electron chi connectivity index (χ3n) is 3.27. The number of carbonyl (C=O) groups is 1. The largest absolute Gasteiger partial charge is 0.502 e. The van der Waals surface area contributed by atoms with E-state index in [-0.39, 0.29) is 17.2 Å². The van der Waals surface area contributed by atoms with Crippen LogP contribution in [0.25, 0.3) is 0 Å². The molecule has 0 spiro atoms. The summed E-state index contributed by atoms with van der Waals surface area (Å²) in [5.41, 5.74) is -0.0810. The van der Waals surface area contributed by atoms with E-state index < -0.39 is 16.4 Å². The molecule has 6 nitrogen and oxygen atoms in total. The van der Waals surface area contributed by atoms with Gasteiger partial charge in [-0.1, -0.05) is 13.8 Å². The number of phenols is 1. The van der Waals surface area contributed by atoms with Crippen LogP contribution in [0.3, 0.4) is 0 Å². The number of amides is 1. The molecule has 1 fully saturated rings. The summed E-state index contributed by atoms with van der Waals surface area (Å²) in [5.74, 6) is -0.602. The highest BCUT2D eigenvalue weighted by molar-refractivity contribution is 5.95. The number of nitro groups is 1. The summed E-state index contributed by atoms with van der Waals surface area (Å²) in [6, 6.07) is 3.80. The Labute approximate surface area is 104 Å². The van der Waals surface area contributed by atoms with Crippen LogP contribution in [0, 0.1) is 21.4 Å². The van der Waals surface area contributed by atoms with E-state index in [1.165, 1.54) is 12.1 Å². The molecule has 6 heteroatoms. The van der Waals surface area contributed by atoms with Gasteiger partial charge in [-0.05, 0) is 24.0 Å². The molecule has 0 unspecified atom stereocenters. The van der Waals surface area contributed by atoms with Crippen LogP contribution < -0.4 is 5.32 Å². The first-order chi connectivity index (χ1) is 8.31. The van der Waals surface area contributed by atoms with Crippen LogP contribution in [0.2, 0.25) is 0 Å². The Morgan fingerprint density at radius 1 is 1.56 bits per heavy atom. The lowest BCUT2D eigenvalue weighted by molar-refractivity contribution is -0.385. The van der Waals surface area contributed by atoms with Crippen molar-refractivity contribution >= 4 is 17.3 Å². The lowest BCUT2D eigenvalue weighted by Gasteiger charge is -2.06. The van der Waals surface area contributed by atoms with Gasteiger partial charge < -0.3 is 10.4 Å². The fourth-order valence-corrected chi connectivity index (χ4v) is 1.89. The Balaban J connectivity index is 2.13. The molecule has 2 rings (SSSR count). The highest BCUT2D eigenvalue weighted by Gasteiger charge is 2.50. The van der Waals surface area contributed by atoms with Gasteiger partial charge in [-0.2, -0.15) is 0 Å². The molecule has 0 aliphatic heterocycles. The second-order valence-corrected chi connectivity index (χ2v) is 5.20. The third kappa shape index (κ3) is 2.27. The second kappa shape index (κ2) is 3.97. The average molecular weight is 250 g/mol. The normalized spacial score (nSPS) is 20.2. The van der Waals surface area contributed by atoms with Gasteiger partial charge in [-0.25, -0.2) is 0 Å². The Morgan fingerprint density at radius 2 is 2.17 bits per heavy atom. The van der Waals surface area contributed by atoms with Crippen molar-refractivity contribution in [2.45, 2.75) is 20.3 Å². The van der Waals surface area contributed by atoms with Crippen LogP contribution in [0.5, 0.6) is 5.75 Å². The fraction of sp³-hybridized carbons (Fsp3) is 0.417. The van der Waals surface area contributed by atoms with Crippen LogP contribution >= 0.6 is 0 Å². The summed E-state index contributed by atoms with van der Waals surface area (Å²) in [6.07, 6.45) is 0.818. The van der Waals surface area contributed by atoms with E-state index in [1.54, 1.807) is 0 Å². The maximum absolute atomic E-state index is 11.8. The number of phenolic OH excluding ortho intramolecular Hbond substituents is 1. The Morgan fingerprint density at radius 3 is 2.67 bits per heavy atom. The lowest BCUT2D eigenvalue weighted by atomic mass is 10.1. The van der Waals surface area contributed by atoms with Gasteiger partial charge in [0.2, 0.25) is 5.91 Å². The van der Waals surface area contributed by atoms with Crippen LogP contribution in [-0.4, -0.2) is 15.9 Å². The number of carbonyl (C=O) groups excluding carboxylic acids is 1. The van der Waals surface area contributed by atoms with Crippen molar-refractivity contribution in [1.29, 1.82) is 0 Å². The van der Waals surface area contributed by atoms with Gasteiger partial charge in [0.25, 0.3) is 0 Å². The summed E-state index contributed by atoms with van der Waals surface area (Å²) < 4.78 is 0. The van der Waals surface area contributed by atoms with Crippen LogP contribution in [0.15, 0.2) is 18.2 Å². The van der Waals surface area contributed by atoms with Gasteiger partial charge in [0.1, 0.15) is 0 Å². The molecule has 0 radical (unpaired) electrons. The topological polar surface area (TPSA) is 92.5 Å². The summed E-state index contributed by atoms with van der Waals surface area (Å²) in [5, 5.41) is 22.6. The highest BCUT2D eigenvalue weighted by atomic mass is 16.6. The number of nitrogens with one attached hydrogen (secondary N) is 1. The van der Waals surface area contributed by atoms with Gasteiger partial charge in [0.05, 0.1) is 4.92 Å². The number of hydrogen-bond donors (Lipinski definition) is 2. The molecular formula is C12H14N2O4. The molecule has 1 aromatic carbocycles. The summed E-state index contributed by atoms with van der Waals surface area (Å²) in [4.78, 5) is 21.8. The number of nitrogens with zero attached hydrogens (tertiary/aromatic N) is 1. The molecule has 1 aliphatic carbocycles. The first-order valence-corrected chi connectivity index (χ1v) is 5.59. The van der Waals surface area contributed by atoms with Crippen molar-refractivity contribution in [3.63, 3.8) is 0 Å². The summed E-state index contributed by atoms with van der Waals surface area (Å²) in [6.45, 7) is 3.99. The van der Waals surface area contributed by atoms with Crippen molar-refractivity contribution in [2.24, 2.45) is 11.3 Å². The maximum Gasteiger partial charge on any atom is 0.312 e. The monoisotopic (exact) mass is 250 g/mol. The Bertz CT molecular complexity index is 525. The average Bonchev–Trinajstić information content (AvgIpc) is 2.90. The standard InChI is InChI=1S/C12H14N2O4/c1-12(2)6-8(12)11(16)13-7-3-4-10(15)9(5-7)14(17)18/h3-5,8,15H,6H2,1-2H3,(H,13,16)/t8-/m1/s1. The Kier molecular flexibility index (Phi) is 2.73. The zero-order valence-corrected chi connectivity index (χ0v) is 10.1. The number of anilines is 1. The number of nitro benzene ring substituents is 1. The van der Waals surface area contributed by atoms with E-state index in [4.69, 9.17) is 0 Å². The summed E-state index contributed by atoms with van der Waals surface area (Å²) >= 11 is 0. The number of hydrogen-bond acceptors (Lipinski definition) is 4. The van der Waals surface area contributed by atoms with Crippen molar-refractivity contribution in [2.75, 3.05) is 5.32 Å². The SMILES string of the molecule is CC1(C)C[C@@H]1C(=O)Nc1ccc(O)c([N+](=O)[O-])c1. The molecule has 1 aromatic rings. The van der Waals surface area contributed by atoms with Crippen molar-refractivity contribution in [1.82, 2.24) is 0 Å². The first-order valence-electron chi connectivity index (χ1n) is 5.59. The fourth-order valence-electron chi connectivity index (χ4n) is 1.89. The van der Waals surface area contributed by atoms with Gasteiger partial charge in [0.15, 0.2) is 5.75 Å². The predicted octanol–water partition coefficient (Wildman–Crippen LogP) is 2.29. The zero-order chi connectivity index (χ0) is 13.5. The minimum Gasteiger partial charge on any atom is -0.502 e. The first kappa shape index (κ1) is 12.3. The van der Waals surface area contributed by atoms with E-state index in [2.05, 4.69) is 5.32 Å². The maximum atomic E-state index is 11.8. The zero-order valence-electron chi connectivity index (χ0n) is 10.1. The van der Waals surface area contributed by atoms with Crippen LogP contribution in [-0.2, 0) is 4.79 Å². The van der Waals surface area contributed by atoms with E-state index in [1.807, 2.05) is 13.8 Å². The van der Waals surface area contributed by atoms with Gasteiger partial charge in [-0.3, -0.25) is 14.9 Å². The lowest BCUT2D eigenvalue weighted by Crippen LogP contribution is -2.16. The van der Waals surface area contributed by atoms with Crippen molar-refractivity contribution in [3.8, 4) is 5.75 Å². The summed E-state index contributed by atoms with van der Waals surface area (Å²) in [7, 11) is 0. The second-order valence-electron chi connectivity index (χ2n) is 5.20. The predicted molar refractivity (Wildman–Crippen MR) is 65.3 cm³/mol. The quantitative estimate of drug-likeness (QED) is 0.489. The van der Waals surface area contributed by atoms with Crippen LogP contribution in [0.4, 0.5) is 11.4 Å². The third-order valence-corrected chi connectivity index (χ3v) is 3.27. The van der Waals surface area contributed by atoms with Gasteiger partial charge in [0, 0.05) is 17.7 Å². The minimum atomic E-state index is -0.688. The molecule has 96 valence electrons. The van der Waals surface area contributed by atoms with Crippen molar-refractivity contribution in [3.05, 3.63) is 28.3 Å². The molecular weight excluding hydrogens is 236 g/mol. The molecule has 0 bridgehead atoms. The number of rotatable bonds is 3. The molecule has 18 heavy (non-hydrogen) atoms. The minimum absolute atomic E-state index is 0.00688. The van der Waals surface area contributed by atoms with E-state index in [0.717, 1.165) is 12.5 Å². The van der Waals surface area contributed by atoms with Crippen molar-refractivity contribution < 1.29 is 14.8 Å². The van der Waals surface area contributed by atoms with E-state index >= 15 is 0 Å². The number of benzene rings is 1. The smallest absolute Gasteiger partial charge is 0.312 e. The molecule has 0 heterocycles. The number of aromatic hydroxyl groups is 1. The van der Waals surface area contributed by atoms with Gasteiger partial charge >= 0.3 is 5.69 Å². The Hall–Kier alpha value is -2.11.